The number of carbonyl (C=O) groups is 1. The Morgan fingerprint density at radius 2 is 2.20 bits per heavy atom. The Labute approximate surface area is 118 Å². The molecule has 0 bridgehead atoms. The largest absolute Gasteiger partial charge is 0.375 e. The third-order valence-corrected chi connectivity index (χ3v) is 4.32. The van der Waals surface area contributed by atoms with E-state index >= 15 is 0 Å². The monoisotopic (exact) mass is 279 g/mol. The molecule has 1 unspecified atom stereocenters. The lowest BCUT2D eigenvalue weighted by Gasteiger charge is -2.19. The number of aromatic nitrogens is 2. The van der Waals surface area contributed by atoms with Crippen LogP contribution in [0.3, 0.4) is 0 Å². The first-order chi connectivity index (χ1) is 9.78. The number of methoxy groups -OCH3 is 1. The van der Waals surface area contributed by atoms with Crippen LogP contribution in [-0.4, -0.2) is 41.1 Å². The molecular formula is C14H21N3O3. The molecule has 2 heterocycles. The molecule has 0 radical (unpaired) electrons. The molecule has 3 rings (SSSR count). The maximum atomic E-state index is 12.4. The lowest BCUT2D eigenvalue weighted by atomic mass is 10.1. The van der Waals surface area contributed by atoms with Gasteiger partial charge in [-0.2, -0.15) is 4.98 Å². The standard InChI is InChI=1S/C14H21N3O3/c1-19-9-12-15-13(16-20-12)11-6-7-17(8-11)14(18)10-4-2-3-5-10/h10-11H,2-9H2,1H3. The van der Waals surface area contributed by atoms with Gasteiger partial charge in [-0.1, -0.05) is 18.0 Å². The van der Waals surface area contributed by atoms with Crippen molar-refractivity contribution in [1.82, 2.24) is 15.0 Å². The Morgan fingerprint density at radius 1 is 1.40 bits per heavy atom. The van der Waals surface area contributed by atoms with Gasteiger partial charge in [0.2, 0.25) is 5.91 Å². The summed E-state index contributed by atoms with van der Waals surface area (Å²) in [4.78, 5) is 18.7. The average Bonchev–Trinajstić information content (AvgIpc) is 3.19. The number of likely N-dealkylation sites (tertiary alicyclic amines) is 1. The summed E-state index contributed by atoms with van der Waals surface area (Å²) in [5, 5.41) is 4.00. The number of carbonyl (C=O) groups excluding carboxylic acids is 1. The van der Waals surface area contributed by atoms with Gasteiger partial charge in [-0.25, -0.2) is 0 Å². The predicted molar refractivity (Wildman–Crippen MR) is 70.9 cm³/mol. The van der Waals surface area contributed by atoms with Gasteiger partial charge in [0, 0.05) is 32.0 Å². The summed E-state index contributed by atoms with van der Waals surface area (Å²) in [6, 6.07) is 0. The van der Waals surface area contributed by atoms with Crippen LogP contribution in [0.4, 0.5) is 0 Å². The predicted octanol–water partition coefficient (Wildman–Crippen LogP) is 1.72. The van der Waals surface area contributed by atoms with E-state index in [9.17, 15) is 4.79 Å². The van der Waals surface area contributed by atoms with E-state index in [1.165, 1.54) is 12.8 Å². The number of hydrogen-bond donors (Lipinski definition) is 0. The maximum Gasteiger partial charge on any atom is 0.252 e. The summed E-state index contributed by atoms with van der Waals surface area (Å²) in [6.45, 7) is 1.87. The molecule has 0 aromatic carbocycles. The summed E-state index contributed by atoms with van der Waals surface area (Å²) in [6.07, 6.45) is 5.42. The molecule has 1 saturated carbocycles. The molecule has 1 amide bonds. The number of amides is 1. The van der Waals surface area contributed by atoms with Gasteiger partial charge in [0.25, 0.3) is 5.89 Å². The van der Waals surface area contributed by atoms with Crippen molar-refractivity contribution in [1.29, 1.82) is 0 Å². The molecule has 1 aliphatic carbocycles. The molecule has 6 nitrogen and oxygen atoms in total. The SMILES string of the molecule is COCc1nc(C2CCN(C(=O)C3CCCC3)C2)no1. The van der Waals surface area contributed by atoms with E-state index in [-0.39, 0.29) is 11.8 Å². The van der Waals surface area contributed by atoms with Crippen LogP contribution in [0, 0.1) is 5.92 Å². The molecule has 0 N–H and O–H groups in total. The number of ether oxygens (including phenoxy) is 1. The van der Waals surface area contributed by atoms with E-state index in [0.29, 0.717) is 24.2 Å². The van der Waals surface area contributed by atoms with Gasteiger partial charge < -0.3 is 14.2 Å². The quantitative estimate of drug-likeness (QED) is 0.839. The van der Waals surface area contributed by atoms with Gasteiger partial charge in [-0.15, -0.1) is 0 Å². The second-order valence-corrected chi connectivity index (χ2v) is 5.73. The molecule has 2 fully saturated rings. The summed E-state index contributed by atoms with van der Waals surface area (Å²) >= 11 is 0. The Morgan fingerprint density at radius 3 is 2.95 bits per heavy atom. The minimum absolute atomic E-state index is 0.203. The van der Waals surface area contributed by atoms with Crippen LogP contribution < -0.4 is 0 Å². The molecular weight excluding hydrogens is 258 g/mol. The van der Waals surface area contributed by atoms with Crippen molar-refractivity contribution in [3.8, 4) is 0 Å². The van der Waals surface area contributed by atoms with Crippen molar-refractivity contribution in [3.63, 3.8) is 0 Å². The summed E-state index contributed by atoms with van der Waals surface area (Å²) in [5.74, 6) is 1.99. The van der Waals surface area contributed by atoms with Gasteiger partial charge in [-0.3, -0.25) is 4.79 Å². The highest BCUT2D eigenvalue weighted by atomic mass is 16.5. The summed E-state index contributed by atoms with van der Waals surface area (Å²) < 4.78 is 10.1. The van der Waals surface area contributed by atoms with Crippen molar-refractivity contribution in [2.24, 2.45) is 5.92 Å². The first-order valence-corrected chi connectivity index (χ1v) is 7.38. The molecule has 6 heteroatoms. The summed E-state index contributed by atoms with van der Waals surface area (Å²) in [7, 11) is 1.60. The van der Waals surface area contributed by atoms with Crippen molar-refractivity contribution in [2.45, 2.75) is 44.6 Å². The van der Waals surface area contributed by atoms with E-state index in [1.807, 2.05) is 4.90 Å². The van der Waals surface area contributed by atoms with Crippen LogP contribution in [0.1, 0.15) is 49.7 Å². The molecule has 20 heavy (non-hydrogen) atoms. The Balaban J connectivity index is 1.59. The van der Waals surface area contributed by atoms with E-state index in [0.717, 1.165) is 32.4 Å². The number of nitrogens with zero attached hydrogens (tertiary/aromatic N) is 3. The Kier molecular flexibility index (Phi) is 4.00. The Bertz CT molecular complexity index is 468. The van der Waals surface area contributed by atoms with Crippen molar-refractivity contribution in [2.75, 3.05) is 20.2 Å². The van der Waals surface area contributed by atoms with Crippen LogP contribution in [0.15, 0.2) is 4.52 Å². The zero-order valence-electron chi connectivity index (χ0n) is 11.9. The lowest BCUT2D eigenvalue weighted by molar-refractivity contribution is -0.134. The molecule has 1 aromatic heterocycles. The van der Waals surface area contributed by atoms with E-state index in [4.69, 9.17) is 9.26 Å². The van der Waals surface area contributed by atoms with E-state index in [1.54, 1.807) is 7.11 Å². The minimum Gasteiger partial charge on any atom is -0.375 e. The van der Waals surface area contributed by atoms with Crippen molar-refractivity contribution < 1.29 is 14.1 Å². The Hall–Kier alpha value is -1.43. The normalized spacial score (nSPS) is 23.6. The van der Waals surface area contributed by atoms with Gasteiger partial charge in [0.15, 0.2) is 5.82 Å². The van der Waals surface area contributed by atoms with Crippen LogP contribution >= 0.6 is 0 Å². The lowest BCUT2D eigenvalue weighted by Crippen LogP contribution is -2.33. The first-order valence-electron chi connectivity index (χ1n) is 7.38. The molecule has 2 aliphatic rings. The molecule has 1 atom stereocenters. The van der Waals surface area contributed by atoms with Crippen LogP contribution in [0.5, 0.6) is 0 Å². The van der Waals surface area contributed by atoms with Crippen LogP contribution in [-0.2, 0) is 16.1 Å². The minimum atomic E-state index is 0.203. The third-order valence-electron chi connectivity index (χ3n) is 4.32. The zero-order chi connectivity index (χ0) is 13.9. The van der Waals surface area contributed by atoms with Gasteiger partial charge in [0.1, 0.15) is 6.61 Å². The van der Waals surface area contributed by atoms with Crippen molar-refractivity contribution >= 4 is 5.91 Å². The third kappa shape index (κ3) is 2.70. The molecule has 1 saturated heterocycles. The fourth-order valence-corrected chi connectivity index (χ4v) is 3.22. The second kappa shape index (κ2) is 5.91. The second-order valence-electron chi connectivity index (χ2n) is 5.73. The van der Waals surface area contributed by atoms with Gasteiger partial charge >= 0.3 is 0 Å². The average molecular weight is 279 g/mol. The molecule has 1 aromatic rings. The maximum absolute atomic E-state index is 12.4. The first kappa shape index (κ1) is 13.5. The molecule has 0 spiro atoms. The number of hydrogen-bond acceptors (Lipinski definition) is 5. The fraction of sp³-hybridized carbons (Fsp3) is 0.786. The smallest absolute Gasteiger partial charge is 0.252 e. The fourth-order valence-electron chi connectivity index (χ4n) is 3.22. The summed E-state index contributed by atoms with van der Waals surface area (Å²) in [5.41, 5.74) is 0. The van der Waals surface area contributed by atoms with Crippen molar-refractivity contribution in [3.05, 3.63) is 11.7 Å². The topological polar surface area (TPSA) is 68.5 Å². The van der Waals surface area contributed by atoms with E-state index < -0.39 is 0 Å². The van der Waals surface area contributed by atoms with Gasteiger partial charge in [-0.05, 0) is 19.3 Å². The highest BCUT2D eigenvalue weighted by molar-refractivity contribution is 5.79. The van der Waals surface area contributed by atoms with E-state index in [2.05, 4.69) is 10.1 Å². The van der Waals surface area contributed by atoms with Gasteiger partial charge in [0.05, 0.1) is 0 Å². The van der Waals surface area contributed by atoms with Crippen LogP contribution in [0.25, 0.3) is 0 Å². The molecule has 110 valence electrons. The van der Waals surface area contributed by atoms with Crippen LogP contribution in [0.2, 0.25) is 0 Å². The number of rotatable bonds is 4. The highest BCUT2D eigenvalue weighted by Crippen LogP contribution is 2.31. The highest BCUT2D eigenvalue weighted by Gasteiger charge is 2.34. The molecule has 1 aliphatic heterocycles. The zero-order valence-corrected chi connectivity index (χ0v) is 11.9.